The maximum Gasteiger partial charge on any atom is 0.257 e. The molecule has 154 valence electrons. The fraction of sp³-hybridized carbons (Fsp3) is 0.304. The van der Waals surface area contributed by atoms with E-state index in [0.717, 1.165) is 11.1 Å². The molecule has 0 radical (unpaired) electrons. The van der Waals surface area contributed by atoms with Crippen LogP contribution in [-0.4, -0.2) is 39.9 Å². The molecule has 1 unspecified atom stereocenters. The number of benzene rings is 2. The van der Waals surface area contributed by atoms with Crippen LogP contribution in [0.15, 0.2) is 59.1 Å². The van der Waals surface area contributed by atoms with Gasteiger partial charge in [-0.1, -0.05) is 53.2 Å². The van der Waals surface area contributed by atoms with Gasteiger partial charge in [0.25, 0.3) is 5.89 Å². The fourth-order valence-corrected chi connectivity index (χ4v) is 3.51. The van der Waals surface area contributed by atoms with E-state index in [-0.39, 0.29) is 24.2 Å². The average molecular weight is 404 g/mol. The van der Waals surface area contributed by atoms with Crippen molar-refractivity contribution in [1.82, 2.24) is 20.4 Å². The second kappa shape index (κ2) is 8.90. The van der Waals surface area contributed by atoms with Gasteiger partial charge in [0.05, 0.1) is 5.92 Å². The number of carbonyl (C=O) groups excluding carboxylic acids is 2. The number of nitrogens with one attached hydrogen (secondary N) is 1. The van der Waals surface area contributed by atoms with Gasteiger partial charge in [0.15, 0.2) is 5.82 Å². The zero-order valence-corrected chi connectivity index (χ0v) is 16.9. The lowest BCUT2D eigenvalue weighted by Crippen LogP contribution is -2.34. The second-order valence-electron chi connectivity index (χ2n) is 7.58. The summed E-state index contributed by atoms with van der Waals surface area (Å²) in [6.45, 7) is 3.41. The topological polar surface area (TPSA) is 88.3 Å². The third kappa shape index (κ3) is 4.74. The van der Waals surface area contributed by atoms with Crippen LogP contribution in [0.3, 0.4) is 0 Å². The molecule has 1 aromatic heterocycles. The van der Waals surface area contributed by atoms with Crippen molar-refractivity contribution in [2.45, 2.75) is 26.3 Å². The van der Waals surface area contributed by atoms with Crippen molar-refractivity contribution in [1.29, 1.82) is 0 Å². The van der Waals surface area contributed by atoms with Gasteiger partial charge in [-0.05, 0) is 24.6 Å². The van der Waals surface area contributed by atoms with Crippen LogP contribution in [0.4, 0.5) is 0 Å². The van der Waals surface area contributed by atoms with Crippen LogP contribution < -0.4 is 5.32 Å². The van der Waals surface area contributed by atoms with Gasteiger partial charge < -0.3 is 14.7 Å². The largest absolute Gasteiger partial charge is 0.355 e. The standard InChI is InChI=1S/C23H24N4O3/c1-16-7-9-17(10-8-16)14-27-15-19(13-21(27)28)22(29)24-12-11-20-25-23(30-26-20)18-5-3-2-4-6-18/h2-10,19H,11-15H2,1H3,(H,24,29). The summed E-state index contributed by atoms with van der Waals surface area (Å²) in [5.74, 6) is 0.582. The number of amides is 2. The lowest BCUT2D eigenvalue weighted by Gasteiger charge is -2.16. The van der Waals surface area contributed by atoms with E-state index in [4.69, 9.17) is 4.52 Å². The van der Waals surface area contributed by atoms with E-state index in [0.29, 0.717) is 37.8 Å². The van der Waals surface area contributed by atoms with Crippen molar-refractivity contribution in [2.75, 3.05) is 13.1 Å². The number of hydrogen-bond donors (Lipinski definition) is 1. The number of rotatable bonds is 7. The van der Waals surface area contributed by atoms with Gasteiger partial charge in [0.2, 0.25) is 11.8 Å². The first kappa shape index (κ1) is 19.8. The van der Waals surface area contributed by atoms with Gasteiger partial charge in [0.1, 0.15) is 0 Å². The Morgan fingerprint density at radius 2 is 1.93 bits per heavy atom. The Labute approximate surface area is 175 Å². The first-order valence-electron chi connectivity index (χ1n) is 10.1. The summed E-state index contributed by atoms with van der Waals surface area (Å²) >= 11 is 0. The first-order chi connectivity index (χ1) is 14.6. The molecule has 0 spiro atoms. The first-order valence-corrected chi connectivity index (χ1v) is 10.1. The summed E-state index contributed by atoms with van der Waals surface area (Å²) < 4.78 is 5.27. The van der Waals surface area contributed by atoms with E-state index >= 15 is 0 Å². The highest BCUT2D eigenvalue weighted by Crippen LogP contribution is 2.21. The Bertz CT molecular complexity index is 1010. The number of likely N-dealkylation sites (tertiary alicyclic amines) is 1. The van der Waals surface area contributed by atoms with E-state index < -0.39 is 0 Å². The minimum absolute atomic E-state index is 0.0152. The molecule has 2 heterocycles. The number of carbonyl (C=O) groups is 2. The summed E-state index contributed by atoms with van der Waals surface area (Å²) in [6, 6.07) is 17.6. The molecular formula is C23H24N4O3. The Balaban J connectivity index is 1.25. The maximum absolute atomic E-state index is 12.5. The normalized spacial score (nSPS) is 16.1. The van der Waals surface area contributed by atoms with Crippen LogP contribution in [0, 0.1) is 12.8 Å². The minimum atomic E-state index is -0.326. The third-order valence-electron chi connectivity index (χ3n) is 5.22. The fourth-order valence-electron chi connectivity index (χ4n) is 3.51. The van der Waals surface area contributed by atoms with Crippen molar-refractivity contribution in [3.05, 3.63) is 71.5 Å². The third-order valence-corrected chi connectivity index (χ3v) is 5.22. The molecule has 0 saturated carbocycles. The number of nitrogens with zero attached hydrogens (tertiary/aromatic N) is 3. The molecule has 4 rings (SSSR count). The van der Waals surface area contributed by atoms with Crippen molar-refractivity contribution in [3.8, 4) is 11.5 Å². The van der Waals surface area contributed by atoms with Crippen molar-refractivity contribution in [3.63, 3.8) is 0 Å². The lowest BCUT2D eigenvalue weighted by molar-refractivity contribution is -0.129. The Morgan fingerprint density at radius 3 is 2.70 bits per heavy atom. The minimum Gasteiger partial charge on any atom is -0.355 e. The van der Waals surface area contributed by atoms with Crippen LogP contribution in [-0.2, 0) is 22.6 Å². The molecule has 1 N–H and O–H groups in total. The van der Waals surface area contributed by atoms with Crippen molar-refractivity contribution < 1.29 is 14.1 Å². The maximum atomic E-state index is 12.5. The highest BCUT2D eigenvalue weighted by Gasteiger charge is 2.34. The highest BCUT2D eigenvalue weighted by atomic mass is 16.5. The molecule has 1 aliphatic rings. The zero-order chi connectivity index (χ0) is 20.9. The molecule has 2 amide bonds. The monoisotopic (exact) mass is 404 g/mol. The summed E-state index contributed by atoms with van der Waals surface area (Å²) in [7, 11) is 0. The van der Waals surface area contributed by atoms with Gasteiger partial charge in [-0.2, -0.15) is 4.98 Å². The van der Waals surface area contributed by atoms with E-state index in [9.17, 15) is 9.59 Å². The smallest absolute Gasteiger partial charge is 0.257 e. The van der Waals surface area contributed by atoms with Gasteiger partial charge in [0, 0.05) is 38.0 Å². The molecule has 1 fully saturated rings. The molecule has 3 aromatic rings. The van der Waals surface area contributed by atoms with Crippen LogP contribution in [0.1, 0.15) is 23.4 Å². The summed E-state index contributed by atoms with van der Waals surface area (Å²) in [5, 5.41) is 6.86. The number of hydrogen-bond acceptors (Lipinski definition) is 5. The molecule has 1 aliphatic heterocycles. The molecule has 0 bridgehead atoms. The molecule has 7 nitrogen and oxygen atoms in total. The van der Waals surface area contributed by atoms with Gasteiger partial charge in [-0.3, -0.25) is 9.59 Å². The van der Waals surface area contributed by atoms with Crippen LogP contribution >= 0.6 is 0 Å². The van der Waals surface area contributed by atoms with Gasteiger partial charge in [-0.25, -0.2) is 0 Å². The van der Waals surface area contributed by atoms with E-state index in [1.807, 2.05) is 61.5 Å². The van der Waals surface area contributed by atoms with E-state index in [1.54, 1.807) is 4.90 Å². The molecular weight excluding hydrogens is 380 g/mol. The van der Waals surface area contributed by atoms with Crippen molar-refractivity contribution >= 4 is 11.8 Å². The second-order valence-corrected chi connectivity index (χ2v) is 7.58. The van der Waals surface area contributed by atoms with Gasteiger partial charge >= 0.3 is 0 Å². The van der Waals surface area contributed by atoms with Crippen LogP contribution in [0.25, 0.3) is 11.5 Å². The number of aromatic nitrogens is 2. The molecule has 0 aliphatic carbocycles. The lowest BCUT2D eigenvalue weighted by atomic mass is 10.1. The average Bonchev–Trinajstić information content (AvgIpc) is 3.37. The van der Waals surface area contributed by atoms with Crippen LogP contribution in [0.2, 0.25) is 0 Å². The van der Waals surface area contributed by atoms with E-state index in [2.05, 4.69) is 15.5 Å². The SMILES string of the molecule is Cc1ccc(CN2CC(C(=O)NCCc3noc(-c4ccccc4)n3)CC2=O)cc1. The molecule has 7 heteroatoms. The zero-order valence-electron chi connectivity index (χ0n) is 16.9. The molecule has 1 saturated heterocycles. The van der Waals surface area contributed by atoms with Crippen molar-refractivity contribution in [2.24, 2.45) is 5.92 Å². The quantitative estimate of drug-likeness (QED) is 0.654. The number of aryl methyl sites for hydroxylation is 1. The van der Waals surface area contributed by atoms with Crippen LogP contribution in [0.5, 0.6) is 0 Å². The Hall–Kier alpha value is -3.48. The summed E-state index contributed by atoms with van der Waals surface area (Å²) in [6.07, 6.45) is 0.716. The highest BCUT2D eigenvalue weighted by molar-refractivity contribution is 5.89. The summed E-state index contributed by atoms with van der Waals surface area (Å²) in [4.78, 5) is 30.9. The molecule has 2 aromatic carbocycles. The molecule has 30 heavy (non-hydrogen) atoms. The molecule has 1 atom stereocenters. The predicted molar refractivity (Wildman–Crippen MR) is 111 cm³/mol. The predicted octanol–water partition coefficient (Wildman–Crippen LogP) is 2.75. The van der Waals surface area contributed by atoms with E-state index in [1.165, 1.54) is 5.56 Å². The Morgan fingerprint density at radius 1 is 1.17 bits per heavy atom. The Kier molecular flexibility index (Phi) is 5.88. The van der Waals surface area contributed by atoms with Gasteiger partial charge in [-0.15, -0.1) is 0 Å². The summed E-state index contributed by atoms with van der Waals surface area (Å²) in [5.41, 5.74) is 3.11.